The molecule has 6 nitrogen and oxygen atoms in total. The molecule has 1 atom stereocenters. The van der Waals surface area contributed by atoms with Crippen LogP contribution < -0.4 is 10.6 Å². The molecule has 0 aromatic carbocycles. The number of anilines is 2. The van der Waals surface area contributed by atoms with E-state index in [1.165, 1.54) is 4.88 Å². The van der Waals surface area contributed by atoms with Crippen molar-refractivity contribution in [2.75, 3.05) is 10.6 Å². The third-order valence-corrected chi connectivity index (χ3v) is 4.07. The number of pyridine rings is 1. The predicted octanol–water partition coefficient (Wildman–Crippen LogP) is 4.37. The van der Waals surface area contributed by atoms with Crippen LogP contribution in [-0.2, 0) is 4.74 Å². The molecule has 2 heterocycles. The van der Waals surface area contributed by atoms with Gasteiger partial charge >= 0.3 is 6.09 Å². The number of nitrogens with one attached hydrogen (secondary N) is 2. The van der Waals surface area contributed by atoms with Crippen molar-refractivity contribution in [1.29, 1.82) is 0 Å². The minimum Gasteiger partial charge on any atom is -0.444 e. The Balaban J connectivity index is 1.94. The predicted molar refractivity (Wildman–Crippen MR) is 93.0 cm³/mol. The Morgan fingerprint density at radius 2 is 2.04 bits per heavy atom. The Kier molecular flexibility index (Phi) is 5.20. The number of aryl methyl sites for hydroxylation is 1. The number of ether oxygens (including phenoxy) is 1. The van der Waals surface area contributed by atoms with E-state index in [9.17, 15) is 4.79 Å². The zero-order chi connectivity index (χ0) is 17.0. The van der Waals surface area contributed by atoms with Crippen molar-refractivity contribution in [3.63, 3.8) is 0 Å². The maximum Gasteiger partial charge on any atom is 0.413 e. The van der Waals surface area contributed by atoms with Crippen molar-refractivity contribution in [2.24, 2.45) is 0 Å². The highest BCUT2D eigenvalue weighted by Gasteiger charge is 2.16. The van der Waals surface area contributed by atoms with Gasteiger partial charge in [0.25, 0.3) is 0 Å². The van der Waals surface area contributed by atoms with Crippen LogP contribution in [0.1, 0.15) is 44.3 Å². The molecule has 2 N–H and O–H groups in total. The van der Waals surface area contributed by atoms with Crippen LogP contribution in [0, 0.1) is 6.92 Å². The Hall–Kier alpha value is -2.15. The summed E-state index contributed by atoms with van der Waals surface area (Å²) in [6.45, 7) is 9.52. The molecule has 23 heavy (non-hydrogen) atoms. The number of rotatable bonds is 4. The Bertz CT molecular complexity index is 661. The summed E-state index contributed by atoms with van der Waals surface area (Å²) in [6.07, 6.45) is 1.17. The summed E-state index contributed by atoms with van der Waals surface area (Å²) in [6, 6.07) is 3.75. The van der Waals surface area contributed by atoms with E-state index in [4.69, 9.17) is 4.74 Å². The van der Waals surface area contributed by atoms with E-state index in [0.29, 0.717) is 5.82 Å². The third-order valence-electron chi connectivity index (χ3n) is 2.95. The van der Waals surface area contributed by atoms with Crippen LogP contribution in [0.2, 0.25) is 0 Å². The number of carbonyl (C=O) groups excluding carboxylic acids is 1. The van der Waals surface area contributed by atoms with Crippen LogP contribution >= 0.6 is 11.3 Å². The standard InChI is InChI=1S/C16H22N4O2S/c1-10-14(23-9-18-10)11(2)19-12-6-7-13(17-8-12)20-15(21)22-16(3,4)5/h6-9,11,19H,1-5H3,(H,17,20,21). The van der Waals surface area contributed by atoms with Crippen molar-refractivity contribution >= 4 is 28.9 Å². The van der Waals surface area contributed by atoms with E-state index in [0.717, 1.165) is 11.4 Å². The smallest absolute Gasteiger partial charge is 0.413 e. The summed E-state index contributed by atoms with van der Waals surface area (Å²) < 4.78 is 5.19. The van der Waals surface area contributed by atoms with Crippen LogP contribution in [0.25, 0.3) is 0 Å². The van der Waals surface area contributed by atoms with Crippen LogP contribution in [0.4, 0.5) is 16.3 Å². The fourth-order valence-corrected chi connectivity index (χ4v) is 2.81. The summed E-state index contributed by atoms with van der Waals surface area (Å²) in [5.41, 5.74) is 3.22. The van der Waals surface area contributed by atoms with Crippen molar-refractivity contribution in [3.8, 4) is 0 Å². The molecule has 0 aliphatic carbocycles. The first kappa shape index (κ1) is 17.2. The topological polar surface area (TPSA) is 76.1 Å². The van der Waals surface area contributed by atoms with Crippen LogP contribution in [-0.4, -0.2) is 21.7 Å². The fraction of sp³-hybridized carbons (Fsp3) is 0.438. The number of thiazole rings is 1. The lowest BCUT2D eigenvalue weighted by Gasteiger charge is -2.19. The minimum absolute atomic E-state index is 0.147. The van der Waals surface area contributed by atoms with E-state index >= 15 is 0 Å². The molecule has 0 radical (unpaired) electrons. The second-order valence-electron chi connectivity index (χ2n) is 6.23. The highest BCUT2D eigenvalue weighted by Crippen LogP contribution is 2.25. The van der Waals surface area contributed by atoms with Crippen LogP contribution in [0.5, 0.6) is 0 Å². The molecule has 2 aromatic rings. The summed E-state index contributed by atoms with van der Waals surface area (Å²) in [5.74, 6) is 0.450. The van der Waals surface area contributed by atoms with E-state index in [1.807, 2.05) is 39.3 Å². The van der Waals surface area contributed by atoms with Gasteiger partial charge in [-0.25, -0.2) is 14.8 Å². The van der Waals surface area contributed by atoms with Gasteiger partial charge in [-0.1, -0.05) is 0 Å². The lowest BCUT2D eigenvalue weighted by molar-refractivity contribution is 0.0635. The second-order valence-corrected chi connectivity index (χ2v) is 7.11. The molecular formula is C16H22N4O2S. The van der Waals surface area contributed by atoms with Gasteiger partial charge in [0.1, 0.15) is 11.4 Å². The molecule has 0 spiro atoms. The number of hydrogen-bond donors (Lipinski definition) is 2. The van der Waals surface area contributed by atoms with Gasteiger partial charge < -0.3 is 10.1 Å². The number of nitrogens with zero attached hydrogens (tertiary/aromatic N) is 2. The van der Waals surface area contributed by atoms with Gasteiger partial charge in [-0.2, -0.15) is 0 Å². The molecule has 2 rings (SSSR count). The summed E-state index contributed by atoms with van der Waals surface area (Å²) in [5, 5.41) is 5.98. The molecule has 0 bridgehead atoms. The van der Waals surface area contributed by atoms with Gasteiger partial charge in [0.15, 0.2) is 0 Å². The van der Waals surface area contributed by atoms with Gasteiger partial charge in [0.05, 0.1) is 29.1 Å². The molecule has 124 valence electrons. The highest BCUT2D eigenvalue weighted by molar-refractivity contribution is 7.09. The first-order chi connectivity index (χ1) is 10.7. The molecule has 0 saturated carbocycles. The number of amides is 1. The average Bonchev–Trinajstić information content (AvgIpc) is 2.85. The molecule has 1 amide bonds. The van der Waals surface area contributed by atoms with E-state index in [2.05, 4.69) is 27.5 Å². The maximum absolute atomic E-state index is 11.7. The van der Waals surface area contributed by atoms with Crippen molar-refractivity contribution in [1.82, 2.24) is 9.97 Å². The monoisotopic (exact) mass is 334 g/mol. The van der Waals surface area contributed by atoms with Gasteiger partial charge in [0, 0.05) is 4.88 Å². The molecule has 0 aliphatic heterocycles. The quantitative estimate of drug-likeness (QED) is 0.868. The lowest BCUT2D eigenvalue weighted by atomic mass is 10.2. The number of carbonyl (C=O) groups is 1. The van der Waals surface area contributed by atoms with Gasteiger partial charge in [-0.05, 0) is 46.8 Å². The van der Waals surface area contributed by atoms with Gasteiger partial charge in [0.2, 0.25) is 0 Å². The molecule has 1 unspecified atom stereocenters. The Labute approximate surface area is 140 Å². The zero-order valence-electron chi connectivity index (χ0n) is 14.0. The zero-order valence-corrected chi connectivity index (χ0v) is 14.8. The normalized spacial score (nSPS) is 12.6. The van der Waals surface area contributed by atoms with E-state index < -0.39 is 11.7 Å². The molecular weight excluding hydrogens is 312 g/mol. The minimum atomic E-state index is -0.534. The highest BCUT2D eigenvalue weighted by atomic mass is 32.1. The largest absolute Gasteiger partial charge is 0.444 e. The lowest BCUT2D eigenvalue weighted by Crippen LogP contribution is -2.27. The number of hydrogen-bond acceptors (Lipinski definition) is 6. The SMILES string of the molecule is Cc1ncsc1C(C)Nc1ccc(NC(=O)OC(C)(C)C)nc1. The van der Waals surface area contributed by atoms with Crippen molar-refractivity contribution < 1.29 is 9.53 Å². The summed E-state index contributed by atoms with van der Waals surface area (Å²) in [4.78, 5) is 21.4. The molecule has 2 aromatic heterocycles. The first-order valence-electron chi connectivity index (χ1n) is 7.37. The van der Waals surface area contributed by atoms with Crippen LogP contribution in [0.3, 0.4) is 0 Å². The van der Waals surface area contributed by atoms with E-state index in [-0.39, 0.29) is 6.04 Å². The first-order valence-corrected chi connectivity index (χ1v) is 8.25. The Morgan fingerprint density at radius 3 is 2.57 bits per heavy atom. The molecule has 0 saturated heterocycles. The third kappa shape index (κ3) is 5.21. The molecule has 0 fully saturated rings. The number of aromatic nitrogens is 2. The molecule has 0 aliphatic rings. The van der Waals surface area contributed by atoms with Gasteiger partial charge in [-0.15, -0.1) is 11.3 Å². The Morgan fingerprint density at radius 1 is 1.30 bits per heavy atom. The van der Waals surface area contributed by atoms with Gasteiger partial charge in [-0.3, -0.25) is 5.32 Å². The molecule has 7 heteroatoms. The second kappa shape index (κ2) is 6.95. The summed E-state index contributed by atoms with van der Waals surface area (Å²) in [7, 11) is 0. The fourth-order valence-electron chi connectivity index (χ4n) is 2.00. The summed E-state index contributed by atoms with van der Waals surface area (Å²) >= 11 is 1.63. The average molecular weight is 334 g/mol. The van der Waals surface area contributed by atoms with Crippen LogP contribution in [0.15, 0.2) is 23.8 Å². The van der Waals surface area contributed by atoms with E-state index in [1.54, 1.807) is 23.6 Å². The van der Waals surface area contributed by atoms with Crippen molar-refractivity contribution in [2.45, 2.75) is 46.3 Å². The maximum atomic E-state index is 11.7. The van der Waals surface area contributed by atoms with Crippen molar-refractivity contribution in [3.05, 3.63) is 34.4 Å².